The highest BCUT2D eigenvalue weighted by Gasteiger charge is 2.20. The number of piperazine rings is 1. The molecule has 0 unspecified atom stereocenters. The van der Waals surface area contributed by atoms with Crippen LogP contribution >= 0.6 is 11.3 Å². The Hall–Kier alpha value is -3.43. The molecule has 5 rings (SSSR count). The fraction of sp³-hybridized carbons (Fsp3) is 0.320. The number of phenols is 2. The third-order valence-electron chi connectivity index (χ3n) is 6.40. The van der Waals surface area contributed by atoms with Gasteiger partial charge in [-0.15, -0.1) is 16.2 Å². The van der Waals surface area contributed by atoms with Crippen molar-refractivity contribution in [2.75, 3.05) is 49.5 Å². The topological polar surface area (TPSA) is 101 Å². The monoisotopic (exact) mass is 477 g/mol. The van der Waals surface area contributed by atoms with Crippen LogP contribution in [0.25, 0.3) is 21.0 Å². The fourth-order valence-electron chi connectivity index (χ4n) is 4.62. The largest absolute Gasteiger partial charge is 0.505 e. The number of nitroso groups, excluding NO2 is 1. The van der Waals surface area contributed by atoms with Crippen molar-refractivity contribution in [2.24, 2.45) is 5.18 Å². The van der Waals surface area contributed by atoms with Crippen LogP contribution in [0.2, 0.25) is 0 Å². The summed E-state index contributed by atoms with van der Waals surface area (Å²) in [5, 5.41) is 29.1. The van der Waals surface area contributed by atoms with Crippen LogP contribution in [0.5, 0.6) is 11.5 Å². The SMILES string of the molecule is Cc1nc2ccc(N3CCN(CCCNc4c(N=O)c(O)c5ccccc5c4O)CC3)cc2s1. The number of aryl methyl sites for hydroxylation is 1. The normalized spacial score (nSPS) is 14.7. The van der Waals surface area contributed by atoms with Crippen molar-refractivity contribution in [3.05, 3.63) is 52.4 Å². The summed E-state index contributed by atoms with van der Waals surface area (Å²) in [5.74, 6) is -0.279. The molecule has 9 heteroatoms. The molecule has 1 aliphatic rings. The Labute approximate surface area is 201 Å². The maximum absolute atomic E-state index is 11.4. The molecule has 1 aliphatic heterocycles. The van der Waals surface area contributed by atoms with Crippen LogP contribution in [0.1, 0.15) is 11.4 Å². The summed E-state index contributed by atoms with van der Waals surface area (Å²) in [5.41, 5.74) is 2.34. The lowest BCUT2D eigenvalue weighted by atomic mass is 10.1. The quantitative estimate of drug-likeness (QED) is 0.146. The average molecular weight is 478 g/mol. The maximum Gasteiger partial charge on any atom is 0.177 e. The van der Waals surface area contributed by atoms with Crippen LogP contribution < -0.4 is 10.2 Å². The molecular formula is C25H27N5O3S. The minimum atomic E-state index is -0.214. The molecule has 1 fully saturated rings. The summed E-state index contributed by atoms with van der Waals surface area (Å²) in [4.78, 5) is 20.8. The predicted octanol–water partition coefficient (Wildman–Crippen LogP) is 5.19. The third-order valence-corrected chi connectivity index (χ3v) is 7.33. The first kappa shape index (κ1) is 22.4. The zero-order valence-corrected chi connectivity index (χ0v) is 19.8. The first-order chi connectivity index (χ1) is 16.5. The molecule has 0 saturated carbocycles. The van der Waals surface area contributed by atoms with E-state index in [0.29, 0.717) is 17.3 Å². The second kappa shape index (κ2) is 9.44. The van der Waals surface area contributed by atoms with Crippen LogP contribution in [0.3, 0.4) is 0 Å². The van der Waals surface area contributed by atoms with Crippen LogP contribution in [-0.2, 0) is 0 Å². The van der Waals surface area contributed by atoms with Crippen LogP contribution in [0.15, 0.2) is 47.6 Å². The van der Waals surface area contributed by atoms with Gasteiger partial charge < -0.3 is 20.4 Å². The Morgan fingerprint density at radius 3 is 2.53 bits per heavy atom. The van der Waals surface area contributed by atoms with Crippen molar-refractivity contribution in [1.29, 1.82) is 0 Å². The van der Waals surface area contributed by atoms with Crippen molar-refractivity contribution in [2.45, 2.75) is 13.3 Å². The average Bonchev–Trinajstić information content (AvgIpc) is 3.24. The van der Waals surface area contributed by atoms with Gasteiger partial charge in [-0.2, -0.15) is 0 Å². The molecule has 1 aromatic heterocycles. The highest BCUT2D eigenvalue weighted by atomic mass is 32.1. The summed E-state index contributed by atoms with van der Waals surface area (Å²) in [7, 11) is 0. The molecule has 3 aromatic carbocycles. The number of phenolic OH excluding ortho intramolecular Hbond substituents is 2. The van der Waals surface area contributed by atoms with E-state index < -0.39 is 0 Å². The lowest BCUT2D eigenvalue weighted by molar-refractivity contribution is 0.257. The molecular weight excluding hydrogens is 450 g/mol. The summed E-state index contributed by atoms with van der Waals surface area (Å²) >= 11 is 1.73. The van der Waals surface area contributed by atoms with Crippen molar-refractivity contribution in [3.8, 4) is 11.5 Å². The number of nitrogens with zero attached hydrogens (tertiary/aromatic N) is 4. The van der Waals surface area contributed by atoms with Crippen molar-refractivity contribution in [3.63, 3.8) is 0 Å². The molecule has 176 valence electrons. The number of nitrogens with one attached hydrogen (secondary N) is 1. The summed E-state index contributed by atoms with van der Waals surface area (Å²) in [6.45, 7) is 7.38. The first-order valence-electron chi connectivity index (χ1n) is 11.4. The number of fused-ring (bicyclic) bond motifs is 2. The van der Waals surface area contributed by atoms with Crippen LogP contribution in [-0.4, -0.2) is 59.4 Å². The van der Waals surface area contributed by atoms with Gasteiger partial charge in [0.1, 0.15) is 11.4 Å². The van der Waals surface area contributed by atoms with Gasteiger partial charge in [-0.1, -0.05) is 24.3 Å². The fourth-order valence-corrected chi connectivity index (χ4v) is 5.48. The highest BCUT2D eigenvalue weighted by Crippen LogP contribution is 2.48. The van der Waals surface area contributed by atoms with Gasteiger partial charge in [0, 0.05) is 49.2 Å². The van der Waals surface area contributed by atoms with Gasteiger partial charge in [0.05, 0.1) is 15.2 Å². The molecule has 0 atom stereocenters. The number of benzene rings is 3. The number of anilines is 2. The van der Waals surface area contributed by atoms with E-state index in [1.807, 2.05) is 6.92 Å². The standard InChI is InChI=1S/C25H27N5O3S/c1-16-27-20-8-7-17(15-21(20)34-16)30-13-11-29(12-14-30)10-4-9-26-22-23(28-33)25(32)19-6-3-2-5-18(19)24(22)31/h2-3,5-8,15,26,31-32H,4,9-14H2,1H3. The second-order valence-electron chi connectivity index (χ2n) is 8.55. The molecule has 2 heterocycles. The van der Waals surface area contributed by atoms with E-state index >= 15 is 0 Å². The number of hydrogen-bond donors (Lipinski definition) is 3. The van der Waals surface area contributed by atoms with Gasteiger partial charge >= 0.3 is 0 Å². The molecule has 34 heavy (non-hydrogen) atoms. The molecule has 1 saturated heterocycles. The van der Waals surface area contributed by atoms with Gasteiger partial charge in [-0.3, -0.25) is 4.90 Å². The van der Waals surface area contributed by atoms with E-state index in [4.69, 9.17) is 0 Å². The Kier molecular flexibility index (Phi) is 6.21. The molecule has 4 aromatic rings. The minimum Gasteiger partial charge on any atom is -0.505 e. The van der Waals surface area contributed by atoms with Gasteiger partial charge in [-0.25, -0.2) is 4.98 Å². The molecule has 0 amide bonds. The zero-order valence-electron chi connectivity index (χ0n) is 19.0. The zero-order chi connectivity index (χ0) is 23.7. The van der Waals surface area contributed by atoms with Gasteiger partial charge in [0.2, 0.25) is 0 Å². The minimum absolute atomic E-state index is 0.0651. The number of aromatic hydroxyl groups is 2. The lowest BCUT2D eigenvalue weighted by Gasteiger charge is -2.36. The van der Waals surface area contributed by atoms with Gasteiger partial charge in [0.15, 0.2) is 11.4 Å². The van der Waals surface area contributed by atoms with Crippen molar-refractivity contribution in [1.82, 2.24) is 9.88 Å². The lowest BCUT2D eigenvalue weighted by Crippen LogP contribution is -2.46. The predicted molar refractivity (Wildman–Crippen MR) is 139 cm³/mol. The summed E-state index contributed by atoms with van der Waals surface area (Å²) in [6.07, 6.45) is 0.831. The third kappa shape index (κ3) is 4.24. The molecule has 0 radical (unpaired) electrons. The summed E-state index contributed by atoms with van der Waals surface area (Å²) in [6, 6.07) is 13.4. The van der Waals surface area contributed by atoms with E-state index in [1.165, 1.54) is 10.4 Å². The molecule has 0 bridgehead atoms. The number of rotatable bonds is 7. The smallest absolute Gasteiger partial charge is 0.177 e. The Balaban J connectivity index is 1.16. The number of hydrogen-bond acceptors (Lipinski definition) is 9. The Morgan fingerprint density at radius 2 is 1.79 bits per heavy atom. The number of aromatic nitrogens is 1. The molecule has 0 aliphatic carbocycles. The van der Waals surface area contributed by atoms with Crippen LogP contribution in [0, 0.1) is 11.8 Å². The Morgan fingerprint density at radius 1 is 1.06 bits per heavy atom. The first-order valence-corrected chi connectivity index (χ1v) is 12.2. The van der Waals surface area contributed by atoms with E-state index in [1.54, 1.807) is 35.6 Å². The maximum atomic E-state index is 11.4. The van der Waals surface area contributed by atoms with E-state index in [2.05, 4.69) is 43.5 Å². The second-order valence-corrected chi connectivity index (χ2v) is 9.79. The molecule has 3 N–H and O–H groups in total. The van der Waals surface area contributed by atoms with Gasteiger partial charge in [-0.05, 0) is 43.3 Å². The molecule has 8 nitrogen and oxygen atoms in total. The van der Waals surface area contributed by atoms with Crippen molar-refractivity contribution < 1.29 is 10.2 Å². The van der Waals surface area contributed by atoms with E-state index in [0.717, 1.165) is 49.7 Å². The van der Waals surface area contributed by atoms with Crippen molar-refractivity contribution >= 4 is 49.4 Å². The van der Waals surface area contributed by atoms with Gasteiger partial charge in [0.25, 0.3) is 0 Å². The summed E-state index contributed by atoms with van der Waals surface area (Å²) < 4.78 is 1.23. The van der Waals surface area contributed by atoms with E-state index in [9.17, 15) is 15.1 Å². The molecule has 0 spiro atoms. The Bertz CT molecular complexity index is 1350. The van der Waals surface area contributed by atoms with E-state index in [-0.39, 0.29) is 22.9 Å². The number of thiazole rings is 1. The van der Waals surface area contributed by atoms with Crippen LogP contribution in [0.4, 0.5) is 17.1 Å². The highest BCUT2D eigenvalue weighted by molar-refractivity contribution is 7.18.